The Bertz CT molecular complexity index is 316. The molecule has 2 unspecified atom stereocenters. The van der Waals surface area contributed by atoms with Gasteiger partial charge < -0.3 is 10.5 Å². The monoisotopic (exact) mass is 221 g/mol. The van der Waals surface area contributed by atoms with Crippen molar-refractivity contribution >= 4 is 0 Å². The zero-order valence-electron chi connectivity index (χ0n) is 10.8. The normalized spacial score (nSPS) is 16.6. The Hall–Kier alpha value is -1.02. The van der Waals surface area contributed by atoms with E-state index in [9.17, 15) is 0 Å². The minimum Gasteiger partial charge on any atom is -0.497 e. The summed E-state index contributed by atoms with van der Waals surface area (Å²) >= 11 is 0. The van der Waals surface area contributed by atoms with Crippen molar-refractivity contribution in [3.63, 3.8) is 0 Å². The third-order valence-electron chi connectivity index (χ3n) is 3.48. The van der Waals surface area contributed by atoms with Gasteiger partial charge in [0.15, 0.2) is 0 Å². The van der Waals surface area contributed by atoms with Crippen molar-refractivity contribution < 1.29 is 4.74 Å². The van der Waals surface area contributed by atoms with E-state index in [1.54, 1.807) is 7.11 Å². The first-order chi connectivity index (χ1) is 7.49. The average Bonchev–Trinajstić information content (AvgIpc) is 2.28. The van der Waals surface area contributed by atoms with Crippen molar-refractivity contribution in [2.24, 2.45) is 11.7 Å². The molecule has 16 heavy (non-hydrogen) atoms. The first-order valence-electron chi connectivity index (χ1n) is 5.91. The quantitative estimate of drug-likeness (QED) is 0.829. The molecule has 1 aromatic carbocycles. The molecule has 0 spiro atoms. The molecular formula is C14H23NO. The van der Waals surface area contributed by atoms with Crippen LogP contribution in [0, 0.1) is 5.92 Å². The summed E-state index contributed by atoms with van der Waals surface area (Å²) in [5, 5.41) is 0. The zero-order chi connectivity index (χ0) is 12.2. The summed E-state index contributed by atoms with van der Waals surface area (Å²) < 4.78 is 5.14. The van der Waals surface area contributed by atoms with Crippen molar-refractivity contribution in [1.82, 2.24) is 0 Å². The van der Waals surface area contributed by atoms with Gasteiger partial charge in [-0.25, -0.2) is 0 Å². The standard InChI is InChI=1S/C14H23NO/c1-5-11(2)14(3,15)10-12-6-8-13(16-4)9-7-12/h6-9,11H,5,10,15H2,1-4H3. The lowest BCUT2D eigenvalue weighted by molar-refractivity contribution is 0.306. The maximum atomic E-state index is 6.34. The first kappa shape index (κ1) is 13.0. The predicted octanol–water partition coefficient (Wildman–Crippen LogP) is 3.00. The summed E-state index contributed by atoms with van der Waals surface area (Å²) in [4.78, 5) is 0. The molecule has 0 aromatic heterocycles. The summed E-state index contributed by atoms with van der Waals surface area (Å²) in [5.74, 6) is 1.42. The second-order valence-corrected chi connectivity index (χ2v) is 4.84. The molecule has 0 bridgehead atoms. The first-order valence-corrected chi connectivity index (χ1v) is 5.91. The molecule has 1 rings (SSSR count). The minimum atomic E-state index is -0.136. The van der Waals surface area contributed by atoms with E-state index in [2.05, 4.69) is 32.9 Å². The maximum absolute atomic E-state index is 6.34. The van der Waals surface area contributed by atoms with Gasteiger partial charge in [0.1, 0.15) is 5.75 Å². The molecule has 0 aliphatic heterocycles. The Kier molecular flexibility index (Phi) is 4.36. The van der Waals surface area contributed by atoms with E-state index in [0.29, 0.717) is 5.92 Å². The second kappa shape index (κ2) is 5.35. The summed E-state index contributed by atoms with van der Waals surface area (Å²) in [6.07, 6.45) is 2.02. The Morgan fingerprint density at radius 3 is 2.31 bits per heavy atom. The van der Waals surface area contributed by atoms with E-state index in [-0.39, 0.29) is 5.54 Å². The smallest absolute Gasteiger partial charge is 0.118 e. The molecule has 0 aliphatic carbocycles. The number of hydrogen-bond acceptors (Lipinski definition) is 2. The fraction of sp³-hybridized carbons (Fsp3) is 0.571. The summed E-state index contributed by atoms with van der Waals surface area (Å²) in [7, 11) is 1.68. The number of ether oxygens (including phenoxy) is 1. The molecule has 2 N–H and O–H groups in total. The lowest BCUT2D eigenvalue weighted by Gasteiger charge is -2.31. The lowest BCUT2D eigenvalue weighted by atomic mass is 9.81. The molecule has 2 atom stereocenters. The van der Waals surface area contributed by atoms with Crippen LogP contribution in [0.5, 0.6) is 5.75 Å². The predicted molar refractivity (Wildman–Crippen MR) is 68.7 cm³/mol. The summed E-state index contributed by atoms with van der Waals surface area (Å²) in [6.45, 7) is 6.53. The topological polar surface area (TPSA) is 35.2 Å². The third-order valence-corrected chi connectivity index (χ3v) is 3.48. The van der Waals surface area contributed by atoms with Crippen molar-refractivity contribution in [3.05, 3.63) is 29.8 Å². The van der Waals surface area contributed by atoms with Crippen molar-refractivity contribution in [3.8, 4) is 5.75 Å². The highest BCUT2D eigenvalue weighted by molar-refractivity contribution is 5.28. The fourth-order valence-electron chi connectivity index (χ4n) is 1.82. The molecule has 0 aliphatic rings. The van der Waals surface area contributed by atoms with Gasteiger partial charge in [-0.2, -0.15) is 0 Å². The molecule has 2 nitrogen and oxygen atoms in total. The minimum absolute atomic E-state index is 0.136. The lowest BCUT2D eigenvalue weighted by Crippen LogP contribution is -2.44. The Morgan fingerprint density at radius 1 is 1.31 bits per heavy atom. The number of nitrogens with two attached hydrogens (primary N) is 1. The largest absolute Gasteiger partial charge is 0.497 e. The molecule has 90 valence electrons. The number of methoxy groups -OCH3 is 1. The maximum Gasteiger partial charge on any atom is 0.118 e. The van der Waals surface area contributed by atoms with Crippen LogP contribution in [-0.4, -0.2) is 12.6 Å². The SMILES string of the molecule is CCC(C)C(C)(N)Cc1ccc(OC)cc1. The summed E-state index contributed by atoms with van der Waals surface area (Å²) in [6, 6.07) is 8.16. The van der Waals surface area contributed by atoms with Crippen LogP contribution in [0.25, 0.3) is 0 Å². The van der Waals surface area contributed by atoms with Crippen LogP contribution in [0.15, 0.2) is 24.3 Å². The van der Waals surface area contributed by atoms with Crippen LogP contribution in [0.4, 0.5) is 0 Å². The van der Waals surface area contributed by atoms with Gasteiger partial charge in [-0.15, -0.1) is 0 Å². The van der Waals surface area contributed by atoms with Crippen LogP contribution >= 0.6 is 0 Å². The molecule has 2 heteroatoms. The van der Waals surface area contributed by atoms with Gasteiger partial charge in [-0.1, -0.05) is 32.4 Å². The van der Waals surface area contributed by atoms with Gasteiger partial charge in [0.05, 0.1) is 7.11 Å². The van der Waals surface area contributed by atoms with Crippen molar-refractivity contribution in [2.45, 2.75) is 39.2 Å². The van der Waals surface area contributed by atoms with E-state index in [4.69, 9.17) is 10.5 Å². The van der Waals surface area contributed by atoms with E-state index in [1.807, 2.05) is 12.1 Å². The van der Waals surface area contributed by atoms with Gasteiger partial charge in [-0.05, 0) is 37.0 Å². The highest BCUT2D eigenvalue weighted by atomic mass is 16.5. The van der Waals surface area contributed by atoms with Crippen LogP contribution in [0.1, 0.15) is 32.8 Å². The molecule has 0 radical (unpaired) electrons. The van der Waals surface area contributed by atoms with Crippen LogP contribution in [0.3, 0.4) is 0 Å². The molecule has 0 heterocycles. The molecule has 0 fully saturated rings. The van der Waals surface area contributed by atoms with E-state index in [1.165, 1.54) is 5.56 Å². The van der Waals surface area contributed by atoms with Crippen LogP contribution in [-0.2, 0) is 6.42 Å². The number of benzene rings is 1. The molecule has 0 saturated carbocycles. The van der Waals surface area contributed by atoms with Gasteiger partial charge in [0.25, 0.3) is 0 Å². The molecular weight excluding hydrogens is 198 g/mol. The molecule has 0 saturated heterocycles. The third kappa shape index (κ3) is 3.24. The van der Waals surface area contributed by atoms with Gasteiger partial charge in [-0.3, -0.25) is 0 Å². The Balaban J connectivity index is 2.72. The zero-order valence-corrected chi connectivity index (χ0v) is 10.8. The molecule has 1 aromatic rings. The van der Waals surface area contributed by atoms with Gasteiger partial charge in [0, 0.05) is 5.54 Å². The van der Waals surface area contributed by atoms with E-state index < -0.39 is 0 Å². The summed E-state index contributed by atoms with van der Waals surface area (Å²) in [5.41, 5.74) is 7.48. The second-order valence-electron chi connectivity index (χ2n) is 4.84. The van der Waals surface area contributed by atoms with E-state index in [0.717, 1.165) is 18.6 Å². The average molecular weight is 221 g/mol. The van der Waals surface area contributed by atoms with Crippen molar-refractivity contribution in [1.29, 1.82) is 0 Å². The Morgan fingerprint density at radius 2 is 1.88 bits per heavy atom. The Labute approximate surface area is 98.8 Å². The molecule has 0 amide bonds. The van der Waals surface area contributed by atoms with Gasteiger partial charge in [0.2, 0.25) is 0 Å². The van der Waals surface area contributed by atoms with Crippen LogP contribution in [0.2, 0.25) is 0 Å². The van der Waals surface area contributed by atoms with E-state index >= 15 is 0 Å². The van der Waals surface area contributed by atoms with Gasteiger partial charge >= 0.3 is 0 Å². The highest BCUT2D eigenvalue weighted by Crippen LogP contribution is 2.23. The number of hydrogen-bond donors (Lipinski definition) is 1. The van der Waals surface area contributed by atoms with Crippen molar-refractivity contribution in [2.75, 3.05) is 7.11 Å². The fourth-order valence-corrected chi connectivity index (χ4v) is 1.82. The van der Waals surface area contributed by atoms with Crippen LogP contribution < -0.4 is 10.5 Å². The number of rotatable bonds is 5. The highest BCUT2D eigenvalue weighted by Gasteiger charge is 2.25.